The number of methoxy groups -OCH3 is 1. The van der Waals surface area contributed by atoms with Crippen LogP contribution >= 0.6 is 0 Å². The van der Waals surface area contributed by atoms with E-state index < -0.39 is 0 Å². The lowest BCUT2D eigenvalue weighted by Crippen LogP contribution is -2.47. The molecule has 5 nitrogen and oxygen atoms in total. The Hall–Kier alpha value is -1.33. The summed E-state index contributed by atoms with van der Waals surface area (Å²) in [4.78, 5) is 14.1. The SMILES string of the molecule is CO[C@@H]1COC2(CCN(C(=O)Cc3ccco3)CC2)C1. The number of carbonyl (C=O) groups excluding carboxylic acids is 1. The molecule has 0 N–H and O–H groups in total. The predicted octanol–water partition coefficient (Wildman–Crippen LogP) is 1.62. The van der Waals surface area contributed by atoms with Gasteiger partial charge < -0.3 is 18.8 Å². The Morgan fingerprint density at radius 3 is 2.90 bits per heavy atom. The standard InChI is InChI=1S/C15H21NO4/c1-18-13-10-15(20-11-13)4-6-16(7-5-15)14(17)9-12-3-2-8-19-12/h2-3,8,13H,4-7,9-11H2,1H3/t13-/m0/s1. The number of hydrogen-bond donors (Lipinski definition) is 0. The fourth-order valence-corrected chi connectivity index (χ4v) is 3.14. The van der Waals surface area contributed by atoms with Gasteiger partial charge in [0.2, 0.25) is 5.91 Å². The fraction of sp³-hybridized carbons (Fsp3) is 0.667. The van der Waals surface area contributed by atoms with E-state index in [2.05, 4.69) is 0 Å². The van der Waals surface area contributed by atoms with Gasteiger partial charge >= 0.3 is 0 Å². The number of rotatable bonds is 3. The normalized spacial score (nSPS) is 25.2. The van der Waals surface area contributed by atoms with E-state index in [0.717, 1.165) is 38.1 Å². The molecule has 1 aromatic heterocycles. The third-order valence-corrected chi connectivity index (χ3v) is 4.44. The molecule has 3 heterocycles. The second-order valence-electron chi connectivity index (χ2n) is 5.69. The first-order valence-electron chi connectivity index (χ1n) is 7.18. The van der Waals surface area contributed by atoms with E-state index >= 15 is 0 Å². The summed E-state index contributed by atoms with van der Waals surface area (Å²) < 4.78 is 16.5. The summed E-state index contributed by atoms with van der Waals surface area (Å²) in [7, 11) is 1.73. The zero-order valence-electron chi connectivity index (χ0n) is 11.8. The molecule has 20 heavy (non-hydrogen) atoms. The molecule has 110 valence electrons. The summed E-state index contributed by atoms with van der Waals surface area (Å²) in [6.07, 6.45) is 4.91. The van der Waals surface area contributed by atoms with Crippen molar-refractivity contribution in [3.05, 3.63) is 24.2 Å². The number of piperidine rings is 1. The summed E-state index contributed by atoms with van der Waals surface area (Å²) in [6.45, 7) is 2.20. The lowest BCUT2D eigenvalue weighted by molar-refractivity contribution is -0.135. The Labute approximate surface area is 118 Å². The van der Waals surface area contributed by atoms with Crippen LogP contribution in [0, 0.1) is 0 Å². The van der Waals surface area contributed by atoms with Crippen molar-refractivity contribution in [1.82, 2.24) is 4.90 Å². The Bertz CT molecular complexity index is 448. The first-order chi connectivity index (χ1) is 9.71. The van der Waals surface area contributed by atoms with Gasteiger partial charge in [0.05, 0.1) is 31.0 Å². The molecule has 0 aliphatic carbocycles. The lowest BCUT2D eigenvalue weighted by Gasteiger charge is -2.38. The molecule has 1 spiro atoms. The minimum absolute atomic E-state index is 0.0673. The highest BCUT2D eigenvalue weighted by Gasteiger charge is 2.43. The number of furan rings is 1. The second-order valence-corrected chi connectivity index (χ2v) is 5.69. The first kappa shape index (κ1) is 13.6. The second kappa shape index (κ2) is 5.58. The summed E-state index contributed by atoms with van der Waals surface area (Å²) >= 11 is 0. The zero-order valence-corrected chi connectivity index (χ0v) is 11.8. The zero-order chi connectivity index (χ0) is 14.0. The highest BCUT2D eigenvalue weighted by Crippen LogP contribution is 2.36. The van der Waals surface area contributed by atoms with Crippen molar-refractivity contribution in [2.45, 2.75) is 37.4 Å². The van der Waals surface area contributed by atoms with Gasteiger partial charge in [0.1, 0.15) is 5.76 Å². The largest absolute Gasteiger partial charge is 0.469 e. The van der Waals surface area contributed by atoms with Crippen LogP contribution in [0.5, 0.6) is 0 Å². The third kappa shape index (κ3) is 2.74. The van der Waals surface area contributed by atoms with Crippen LogP contribution < -0.4 is 0 Å². The molecule has 2 saturated heterocycles. The number of amides is 1. The Balaban J connectivity index is 1.52. The minimum Gasteiger partial charge on any atom is -0.469 e. The van der Waals surface area contributed by atoms with Crippen LogP contribution in [-0.2, 0) is 20.7 Å². The number of nitrogens with zero attached hydrogens (tertiary/aromatic N) is 1. The van der Waals surface area contributed by atoms with E-state index in [1.807, 2.05) is 17.0 Å². The molecule has 2 aliphatic heterocycles. The molecule has 0 aromatic carbocycles. The van der Waals surface area contributed by atoms with Crippen molar-refractivity contribution < 1.29 is 18.7 Å². The van der Waals surface area contributed by atoms with Crippen molar-refractivity contribution in [2.24, 2.45) is 0 Å². The highest BCUT2D eigenvalue weighted by molar-refractivity contribution is 5.78. The van der Waals surface area contributed by atoms with Crippen LogP contribution in [0.4, 0.5) is 0 Å². The number of carbonyl (C=O) groups is 1. The summed E-state index contributed by atoms with van der Waals surface area (Å²) in [5, 5.41) is 0. The molecule has 2 fully saturated rings. The molecular formula is C15H21NO4. The van der Waals surface area contributed by atoms with Gasteiger partial charge in [-0.25, -0.2) is 0 Å². The summed E-state index contributed by atoms with van der Waals surface area (Å²) in [6, 6.07) is 3.65. The molecule has 3 rings (SSSR count). The topological polar surface area (TPSA) is 51.9 Å². The van der Waals surface area contributed by atoms with Gasteiger partial charge in [0.25, 0.3) is 0 Å². The molecule has 1 atom stereocenters. The van der Waals surface area contributed by atoms with Gasteiger partial charge in [-0.15, -0.1) is 0 Å². The summed E-state index contributed by atoms with van der Waals surface area (Å²) in [5.41, 5.74) is -0.0673. The average Bonchev–Trinajstić information content (AvgIpc) is 3.10. The van der Waals surface area contributed by atoms with E-state index in [1.54, 1.807) is 13.4 Å². The minimum atomic E-state index is -0.0673. The van der Waals surface area contributed by atoms with Crippen LogP contribution in [0.15, 0.2) is 22.8 Å². The van der Waals surface area contributed by atoms with Gasteiger partial charge in [-0.05, 0) is 25.0 Å². The third-order valence-electron chi connectivity index (χ3n) is 4.44. The number of hydrogen-bond acceptors (Lipinski definition) is 4. The van der Waals surface area contributed by atoms with E-state index in [4.69, 9.17) is 13.9 Å². The molecule has 0 unspecified atom stereocenters. The Kier molecular flexibility index (Phi) is 3.81. The van der Waals surface area contributed by atoms with Gasteiger partial charge in [-0.3, -0.25) is 4.79 Å². The number of ether oxygens (including phenoxy) is 2. The molecule has 1 aromatic rings. The van der Waals surface area contributed by atoms with E-state index in [-0.39, 0.29) is 17.6 Å². The maximum absolute atomic E-state index is 12.2. The molecular weight excluding hydrogens is 258 g/mol. The molecule has 0 saturated carbocycles. The number of likely N-dealkylation sites (tertiary alicyclic amines) is 1. The highest BCUT2D eigenvalue weighted by atomic mass is 16.6. The Morgan fingerprint density at radius 1 is 1.50 bits per heavy atom. The summed E-state index contributed by atoms with van der Waals surface area (Å²) in [5.74, 6) is 0.864. The van der Waals surface area contributed by atoms with Gasteiger partial charge in [0.15, 0.2) is 0 Å². The first-order valence-corrected chi connectivity index (χ1v) is 7.18. The van der Waals surface area contributed by atoms with Crippen LogP contribution in [0.2, 0.25) is 0 Å². The van der Waals surface area contributed by atoms with Gasteiger partial charge in [-0.2, -0.15) is 0 Å². The molecule has 1 amide bonds. The maximum atomic E-state index is 12.2. The average molecular weight is 279 g/mol. The van der Waals surface area contributed by atoms with Crippen molar-refractivity contribution in [2.75, 3.05) is 26.8 Å². The van der Waals surface area contributed by atoms with Gasteiger partial charge in [-0.1, -0.05) is 0 Å². The van der Waals surface area contributed by atoms with Crippen molar-refractivity contribution in [3.8, 4) is 0 Å². The molecule has 0 radical (unpaired) electrons. The van der Waals surface area contributed by atoms with Crippen LogP contribution in [0.1, 0.15) is 25.0 Å². The Morgan fingerprint density at radius 2 is 2.30 bits per heavy atom. The molecule has 5 heteroatoms. The molecule has 2 aliphatic rings. The van der Waals surface area contributed by atoms with Gasteiger partial charge in [0, 0.05) is 26.6 Å². The van der Waals surface area contributed by atoms with Crippen LogP contribution in [-0.4, -0.2) is 49.3 Å². The quantitative estimate of drug-likeness (QED) is 0.843. The van der Waals surface area contributed by atoms with E-state index in [0.29, 0.717) is 13.0 Å². The van der Waals surface area contributed by atoms with Crippen molar-refractivity contribution in [3.63, 3.8) is 0 Å². The predicted molar refractivity (Wildman–Crippen MR) is 72.3 cm³/mol. The lowest BCUT2D eigenvalue weighted by atomic mass is 9.88. The monoisotopic (exact) mass is 279 g/mol. The maximum Gasteiger partial charge on any atom is 0.230 e. The van der Waals surface area contributed by atoms with E-state index in [1.165, 1.54) is 0 Å². The van der Waals surface area contributed by atoms with Crippen LogP contribution in [0.3, 0.4) is 0 Å². The van der Waals surface area contributed by atoms with Crippen molar-refractivity contribution >= 4 is 5.91 Å². The van der Waals surface area contributed by atoms with Crippen molar-refractivity contribution in [1.29, 1.82) is 0 Å². The fourth-order valence-electron chi connectivity index (χ4n) is 3.14. The van der Waals surface area contributed by atoms with Crippen LogP contribution in [0.25, 0.3) is 0 Å². The molecule has 0 bridgehead atoms. The smallest absolute Gasteiger partial charge is 0.230 e. The van der Waals surface area contributed by atoms with E-state index in [9.17, 15) is 4.79 Å².